The van der Waals surface area contributed by atoms with Crippen LogP contribution in [0, 0.1) is 0 Å². The Morgan fingerprint density at radius 1 is 1.33 bits per heavy atom. The predicted molar refractivity (Wildman–Crippen MR) is 38.7 cm³/mol. The molecule has 0 spiro atoms. The van der Waals surface area contributed by atoms with E-state index in [4.69, 9.17) is 4.74 Å². The molecule has 0 aromatic heterocycles. The molecule has 0 saturated heterocycles. The van der Waals surface area contributed by atoms with Gasteiger partial charge in [-0.2, -0.15) is 0 Å². The number of rotatable bonds is 6. The fraction of sp³-hybridized carbons (Fsp3) is 1.00. The van der Waals surface area contributed by atoms with Crippen molar-refractivity contribution < 1.29 is 4.74 Å². The van der Waals surface area contributed by atoms with E-state index in [0.29, 0.717) is 0 Å². The zero-order valence-corrected chi connectivity index (χ0v) is 6.39. The molecule has 0 aliphatic heterocycles. The molecule has 2 heteroatoms. The molecule has 0 heterocycles. The van der Waals surface area contributed by atoms with Gasteiger partial charge in [-0.1, -0.05) is 13.3 Å². The summed E-state index contributed by atoms with van der Waals surface area (Å²) in [6, 6.07) is 0. The van der Waals surface area contributed by atoms with E-state index in [2.05, 4.69) is 12.2 Å². The minimum Gasteiger partial charge on any atom is -0.380 e. The Morgan fingerprint density at radius 2 is 2.11 bits per heavy atom. The monoisotopic (exact) mass is 130 g/mol. The molecule has 2 nitrogen and oxygen atoms in total. The van der Waals surface area contributed by atoms with E-state index in [0.717, 1.165) is 19.8 Å². The Bertz CT molecular complexity index is 42.2. The van der Waals surface area contributed by atoms with Gasteiger partial charge in [0.1, 0.15) is 0 Å². The van der Waals surface area contributed by atoms with Crippen LogP contribution in [0.4, 0.5) is 0 Å². The van der Waals surface area contributed by atoms with Gasteiger partial charge in [-0.25, -0.2) is 5.32 Å². The van der Waals surface area contributed by atoms with E-state index in [1.54, 1.807) is 0 Å². The molecule has 0 N–H and O–H groups in total. The van der Waals surface area contributed by atoms with E-state index in [9.17, 15) is 0 Å². The normalized spacial score (nSPS) is 10.0. The number of hydrogen-bond acceptors (Lipinski definition) is 1. The largest absolute Gasteiger partial charge is 0.380 e. The number of unbranched alkanes of at least 4 members (excludes halogenated alkanes) is 1. The lowest BCUT2D eigenvalue weighted by Crippen LogP contribution is -2.08. The van der Waals surface area contributed by atoms with Crippen LogP contribution in [0.5, 0.6) is 0 Å². The first-order chi connectivity index (χ1) is 4.41. The Morgan fingerprint density at radius 3 is 2.67 bits per heavy atom. The molecule has 1 radical (unpaired) electrons. The molecule has 0 aromatic carbocycles. The average Bonchev–Trinajstić information content (AvgIpc) is 1.89. The molecule has 0 atom stereocenters. The van der Waals surface area contributed by atoms with Crippen molar-refractivity contribution in [1.29, 1.82) is 0 Å². The van der Waals surface area contributed by atoms with E-state index < -0.39 is 0 Å². The van der Waals surface area contributed by atoms with Crippen LogP contribution in [-0.4, -0.2) is 26.8 Å². The first-order valence-electron chi connectivity index (χ1n) is 3.55. The van der Waals surface area contributed by atoms with Crippen LogP contribution in [0.3, 0.4) is 0 Å². The maximum atomic E-state index is 5.22. The second-order valence-corrected chi connectivity index (χ2v) is 2.01. The molecule has 0 saturated carbocycles. The highest BCUT2D eigenvalue weighted by Gasteiger charge is 1.84. The van der Waals surface area contributed by atoms with Crippen molar-refractivity contribution in [2.24, 2.45) is 0 Å². The maximum absolute atomic E-state index is 5.22. The quantitative estimate of drug-likeness (QED) is 0.493. The fourth-order valence-corrected chi connectivity index (χ4v) is 0.504. The summed E-state index contributed by atoms with van der Waals surface area (Å²) >= 11 is 0. The van der Waals surface area contributed by atoms with E-state index in [1.165, 1.54) is 12.8 Å². The lowest BCUT2D eigenvalue weighted by molar-refractivity contribution is 0.134. The van der Waals surface area contributed by atoms with Crippen molar-refractivity contribution in [2.75, 3.05) is 26.8 Å². The van der Waals surface area contributed by atoms with Crippen LogP contribution in [0.2, 0.25) is 0 Å². The standard InChI is InChI=1S/C7H16NO/c1-3-4-6-9-7-5-8-2/h3-7H2,1-2H3. The molecule has 0 aromatic rings. The Labute approximate surface area is 57.6 Å². The lowest BCUT2D eigenvalue weighted by atomic mass is 10.4. The third-order valence-electron chi connectivity index (χ3n) is 1.10. The van der Waals surface area contributed by atoms with Crippen LogP contribution < -0.4 is 5.32 Å². The third-order valence-corrected chi connectivity index (χ3v) is 1.10. The zero-order valence-electron chi connectivity index (χ0n) is 6.39. The predicted octanol–water partition coefficient (Wildman–Crippen LogP) is 1.04. The van der Waals surface area contributed by atoms with Crippen LogP contribution in [0.15, 0.2) is 0 Å². The van der Waals surface area contributed by atoms with Crippen LogP contribution in [-0.2, 0) is 4.74 Å². The summed E-state index contributed by atoms with van der Waals surface area (Å²) in [6.45, 7) is 4.68. The highest BCUT2D eigenvalue weighted by Crippen LogP contribution is 1.86. The first kappa shape index (κ1) is 8.92. The van der Waals surface area contributed by atoms with Crippen molar-refractivity contribution >= 4 is 0 Å². The van der Waals surface area contributed by atoms with Gasteiger partial charge in [0.2, 0.25) is 0 Å². The number of ether oxygens (including phenoxy) is 1. The van der Waals surface area contributed by atoms with Gasteiger partial charge in [-0.3, -0.25) is 0 Å². The van der Waals surface area contributed by atoms with Crippen molar-refractivity contribution in [1.82, 2.24) is 5.32 Å². The smallest absolute Gasteiger partial charge is 0.0607 e. The van der Waals surface area contributed by atoms with E-state index in [-0.39, 0.29) is 0 Å². The van der Waals surface area contributed by atoms with Gasteiger partial charge in [-0.15, -0.1) is 0 Å². The Kier molecular flexibility index (Phi) is 7.85. The summed E-state index contributed by atoms with van der Waals surface area (Å²) in [5.74, 6) is 0. The zero-order chi connectivity index (χ0) is 6.95. The van der Waals surface area contributed by atoms with Gasteiger partial charge in [0.25, 0.3) is 0 Å². The van der Waals surface area contributed by atoms with Crippen LogP contribution in [0.1, 0.15) is 19.8 Å². The average molecular weight is 130 g/mol. The summed E-state index contributed by atoms with van der Waals surface area (Å²) in [5.41, 5.74) is 0. The second kappa shape index (κ2) is 7.92. The van der Waals surface area contributed by atoms with Crippen molar-refractivity contribution in [3.63, 3.8) is 0 Å². The summed E-state index contributed by atoms with van der Waals surface area (Å²) in [7, 11) is 1.81. The summed E-state index contributed by atoms with van der Waals surface area (Å²) in [4.78, 5) is 0. The Hall–Kier alpha value is -0.0800. The van der Waals surface area contributed by atoms with Crippen molar-refractivity contribution in [2.45, 2.75) is 19.8 Å². The highest BCUT2D eigenvalue weighted by atomic mass is 16.5. The number of hydrogen-bond donors (Lipinski definition) is 0. The minimum absolute atomic E-state index is 0.788. The highest BCUT2D eigenvalue weighted by molar-refractivity contribution is 4.36. The van der Waals surface area contributed by atoms with Crippen molar-refractivity contribution in [3.8, 4) is 0 Å². The van der Waals surface area contributed by atoms with Gasteiger partial charge in [0, 0.05) is 20.2 Å². The second-order valence-electron chi connectivity index (χ2n) is 2.01. The van der Waals surface area contributed by atoms with E-state index >= 15 is 0 Å². The molecule has 9 heavy (non-hydrogen) atoms. The van der Waals surface area contributed by atoms with Gasteiger partial charge in [0.15, 0.2) is 0 Å². The maximum Gasteiger partial charge on any atom is 0.0607 e. The van der Waals surface area contributed by atoms with Gasteiger partial charge < -0.3 is 4.74 Å². The molecule has 0 aliphatic carbocycles. The molecule has 55 valence electrons. The van der Waals surface area contributed by atoms with Crippen LogP contribution >= 0.6 is 0 Å². The SMILES string of the molecule is CCCCOCC[N]C. The summed E-state index contributed by atoms with van der Waals surface area (Å²) < 4.78 is 5.22. The van der Waals surface area contributed by atoms with E-state index in [1.807, 2.05) is 7.05 Å². The molecule has 0 rings (SSSR count). The topological polar surface area (TPSA) is 23.3 Å². The number of nitrogens with zero attached hydrogens (tertiary/aromatic N) is 1. The fourth-order valence-electron chi connectivity index (χ4n) is 0.504. The molecule has 0 fully saturated rings. The molecular weight excluding hydrogens is 114 g/mol. The van der Waals surface area contributed by atoms with Crippen molar-refractivity contribution in [3.05, 3.63) is 0 Å². The summed E-state index contributed by atoms with van der Waals surface area (Å²) in [5, 5.41) is 3.91. The third kappa shape index (κ3) is 7.92. The first-order valence-corrected chi connectivity index (χ1v) is 3.55. The van der Waals surface area contributed by atoms with Gasteiger partial charge >= 0.3 is 0 Å². The van der Waals surface area contributed by atoms with Crippen LogP contribution in [0.25, 0.3) is 0 Å². The number of likely N-dealkylation sites (N-methyl/N-ethyl adjacent to an activating group) is 1. The molecule has 0 amide bonds. The molecule has 0 bridgehead atoms. The molecule has 0 unspecified atom stereocenters. The summed E-state index contributed by atoms with van der Waals surface area (Å²) in [6.07, 6.45) is 2.38. The Balaban J connectivity index is 2.60. The lowest BCUT2D eigenvalue weighted by Gasteiger charge is -1.99. The minimum atomic E-state index is 0.788. The molecule has 0 aliphatic rings. The molecular formula is C7H16NO. The van der Waals surface area contributed by atoms with Gasteiger partial charge in [0.05, 0.1) is 6.61 Å². The van der Waals surface area contributed by atoms with Gasteiger partial charge in [-0.05, 0) is 6.42 Å².